The maximum atomic E-state index is 13.3. The van der Waals surface area contributed by atoms with Crippen molar-refractivity contribution in [1.29, 1.82) is 0 Å². The van der Waals surface area contributed by atoms with Gasteiger partial charge in [-0.25, -0.2) is 9.97 Å². The van der Waals surface area contributed by atoms with Gasteiger partial charge in [-0.15, -0.1) is 16.1 Å². The molecule has 1 saturated heterocycles. The van der Waals surface area contributed by atoms with Crippen molar-refractivity contribution in [2.75, 3.05) is 6.54 Å². The van der Waals surface area contributed by atoms with Crippen molar-refractivity contribution in [3.05, 3.63) is 53.5 Å². The van der Waals surface area contributed by atoms with E-state index in [0.29, 0.717) is 29.3 Å². The lowest BCUT2D eigenvalue weighted by atomic mass is 10.00. The van der Waals surface area contributed by atoms with E-state index in [2.05, 4.69) is 27.1 Å². The normalized spacial score (nSPS) is 19.6. The molecule has 1 aliphatic heterocycles. The highest BCUT2D eigenvalue weighted by Gasteiger charge is 2.33. The third-order valence-corrected chi connectivity index (χ3v) is 5.89. The summed E-state index contributed by atoms with van der Waals surface area (Å²) in [5.74, 6) is 0.452. The molecule has 10 heteroatoms. The zero-order valence-corrected chi connectivity index (χ0v) is 16.6. The Balaban J connectivity index is 1.37. The lowest BCUT2D eigenvalue weighted by molar-refractivity contribution is 0.0376. The summed E-state index contributed by atoms with van der Waals surface area (Å²) in [6.45, 7) is 2.56. The molecule has 5 heterocycles. The first-order chi connectivity index (χ1) is 14.2. The molecule has 0 N–H and O–H groups in total. The Bertz CT molecular complexity index is 1140. The number of rotatable bonds is 4. The van der Waals surface area contributed by atoms with E-state index in [-0.39, 0.29) is 18.1 Å². The maximum Gasteiger partial charge on any atom is 0.258 e. The molecule has 4 aromatic rings. The zero-order valence-electron chi connectivity index (χ0n) is 15.8. The number of hydrogen-bond acceptors (Lipinski definition) is 7. The number of aromatic nitrogens is 6. The summed E-state index contributed by atoms with van der Waals surface area (Å²) >= 11 is 1.46. The van der Waals surface area contributed by atoms with E-state index in [1.54, 1.807) is 24.8 Å². The second-order valence-electron chi connectivity index (χ2n) is 7.00. The molecule has 4 aromatic heterocycles. The number of carbonyl (C=O) groups is 1. The molecule has 0 aliphatic carbocycles. The first-order valence-corrected chi connectivity index (χ1v) is 10.3. The predicted octanol–water partition coefficient (Wildman–Crippen LogP) is 2.44. The monoisotopic (exact) mass is 409 g/mol. The Morgan fingerprint density at radius 3 is 2.72 bits per heavy atom. The standard InChI is InChI=1S/C19H19N7O2S/c1-13-2-3-14(28-18-17-20-6-8-24(17)9-7-21-18)10-25(13)19(27)15-11-29-12-16(15)26-22-4-5-23-26/h4-9,11-14H,2-3,10H2,1H3/t13-,14-/m1/s1. The van der Waals surface area contributed by atoms with Gasteiger partial charge in [0, 0.05) is 41.6 Å². The van der Waals surface area contributed by atoms with E-state index >= 15 is 0 Å². The van der Waals surface area contributed by atoms with Gasteiger partial charge in [0.25, 0.3) is 11.8 Å². The molecule has 0 saturated carbocycles. The highest BCUT2D eigenvalue weighted by molar-refractivity contribution is 7.08. The molecule has 29 heavy (non-hydrogen) atoms. The van der Waals surface area contributed by atoms with Gasteiger partial charge < -0.3 is 14.0 Å². The molecule has 2 atom stereocenters. The smallest absolute Gasteiger partial charge is 0.258 e. The van der Waals surface area contributed by atoms with E-state index in [1.165, 1.54) is 16.1 Å². The quantitative estimate of drug-likeness (QED) is 0.514. The van der Waals surface area contributed by atoms with Crippen molar-refractivity contribution >= 4 is 22.9 Å². The summed E-state index contributed by atoms with van der Waals surface area (Å²) < 4.78 is 8.03. The molecule has 0 spiro atoms. The number of hydrogen-bond donors (Lipinski definition) is 0. The van der Waals surface area contributed by atoms with Gasteiger partial charge in [-0.2, -0.15) is 10.2 Å². The SMILES string of the molecule is C[C@@H]1CC[C@@H](Oc2nccn3ccnc23)CN1C(=O)c1cscc1-n1nccn1. The van der Waals surface area contributed by atoms with Gasteiger partial charge in [0.1, 0.15) is 11.8 Å². The van der Waals surface area contributed by atoms with Gasteiger partial charge in [0.2, 0.25) is 0 Å². The van der Waals surface area contributed by atoms with Gasteiger partial charge in [-0.1, -0.05) is 0 Å². The van der Waals surface area contributed by atoms with Gasteiger partial charge >= 0.3 is 0 Å². The van der Waals surface area contributed by atoms with Crippen LogP contribution in [0.5, 0.6) is 5.88 Å². The highest BCUT2D eigenvalue weighted by Crippen LogP contribution is 2.27. The van der Waals surface area contributed by atoms with Crippen LogP contribution in [-0.2, 0) is 0 Å². The fraction of sp³-hybridized carbons (Fsp3) is 0.316. The lowest BCUT2D eigenvalue weighted by Gasteiger charge is -2.37. The molecular formula is C19H19N7O2S. The fourth-order valence-corrected chi connectivity index (χ4v) is 4.40. The maximum absolute atomic E-state index is 13.3. The van der Waals surface area contributed by atoms with E-state index in [9.17, 15) is 4.79 Å². The first kappa shape index (κ1) is 17.8. The summed E-state index contributed by atoms with van der Waals surface area (Å²) in [6.07, 6.45) is 11.8. The summed E-state index contributed by atoms with van der Waals surface area (Å²) in [5.41, 5.74) is 1.98. The van der Waals surface area contributed by atoms with Crippen LogP contribution in [0.4, 0.5) is 0 Å². The molecule has 5 rings (SSSR count). The second-order valence-corrected chi connectivity index (χ2v) is 7.75. The van der Waals surface area contributed by atoms with Crippen LogP contribution in [0, 0.1) is 0 Å². The number of fused-ring (bicyclic) bond motifs is 1. The van der Waals surface area contributed by atoms with Crippen molar-refractivity contribution in [3.8, 4) is 11.6 Å². The van der Waals surface area contributed by atoms with Crippen LogP contribution in [0.15, 0.2) is 47.9 Å². The number of ether oxygens (including phenoxy) is 1. The molecular weight excluding hydrogens is 390 g/mol. The number of piperidine rings is 1. The number of amides is 1. The third kappa shape index (κ3) is 3.25. The van der Waals surface area contributed by atoms with Crippen LogP contribution < -0.4 is 4.74 Å². The average Bonchev–Trinajstić information content (AvgIpc) is 3.49. The second kappa shape index (κ2) is 7.28. The Morgan fingerprint density at radius 1 is 1.10 bits per heavy atom. The van der Waals surface area contributed by atoms with Crippen LogP contribution >= 0.6 is 11.3 Å². The molecule has 1 fully saturated rings. The van der Waals surface area contributed by atoms with E-state index in [1.807, 2.05) is 32.5 Å². The van der Waals surface area contributed by atoms with Crippen molar-refractivity contribution in [2.45, 2.75) is 31.9 Å². The van der Waals surface area contributed by atoms with Crippen molar-refractivity contribution in [3.63, 3.8) is 0 Å². The van der Waals surface area contributed by atoms with Gasteiger partial charge in [0.15, 0.2) is 5.65 Å². The molecule has 9 nitrogen and oxygen atoms in total. The van der Waals surface area contributed by atoms with Crippen LogP contribution in [0.3, 0.4) is 0 Å². The van der Waals surface area contributed by atoms with Crippen molar-refractivity contribution in [1.82, 2.24) is 34.3 Å². The Labute approximate surface area is 170 Å². The number of carbonyl (C=O) groups excluding carboxylic acids is 1. The van der Waals surface area contributed by atoms with Gasteiger partial charge in [-0.3, -0.25) is 4.79 Å². The predicted molar refractivity (Wildman–Crippen MR) is 106 cm³/mol. The fourth-order valence-electron chi connectivity index (χ4n) is 3.62. The Hall–Kier alpha value is -3.27. The minimum atomic E-state index is -0.143. The van der Waals surface area contributed by atoms with Crippen LogP contribution in [0.1, 0.15) is 30.1 Å². The number of likely N-dealkylation sites (tertiary alicyclic amines) is 1. The highest BCUT2D eigenvalue weighted by atomic mass is 32.1. The summed E-state index contributed by atoms with van der Waals surface area (Å²) in [7, 11) is 0. The number of nitrogens with zero attached hydrogens (tertiary/aromatic N) is 7. The average molecular weight is 409 g/mol. The topological polar surface area (TPSA) is 90.4 Å². The number of thiophene rings is 1. The summed E-state index contributed by atoms with van der Waals surface area (Å²) in [5, 5.41) is 12.1. The zero-order chi connectivity index (χ0) is 19.8. The number of imidazole rings is 1. The van der Waals surface area contributed by atoms with Crippen LogP contribution in [0.25, 0.3) is 11.3 Å². The molecule has 0 unspecified atom stereocenters. The van der Waals surface area contributed by atoms with Crippen molar-refractivity contribution in [2.24, 2.45) is 0 Å². The Morgan fingerprint density at radius 2 is 1.90 bits per heavy atom. The largest absolute Gasteiger partial charge is 0.470 e. The van der Waals surface area contributed by atoms with Crippen molar-refractivity contribution < 1.29 is 9.53 Å². The first-order valence-electron chi connectivity index (χ1n) is 9.39. The van der Waals surface area contributed by atoms with Gasteiger partial charge in [-0.05, 0) is 19.8 Å². The van der Waals surface area contributed by atoms with Gasteiger partial charge in [0.05, 0.1) is 24.5 Å². The molecule has 148 valence electrons. The molecule has 0 radical (unpaired) electrons. The minimum absolute atomic E-state index is 0.0358. The summed E-state index contributed by atoms with van der Waals surface area (Å²) in [4.78, 5) is 25.3. The lowest BCUT2D eigenvalue weighted by Crippen LogP contribution is -2.49. The van der Waals surface area contributed by atoms with Crippen LogP contribution in [-0.4, -0.2) is 58.9 Å². The molecule has 1 amide bonds. The van der Waals surface area contributed by atoms with Crippen LogP contribution in [0.2, 0.25) is 0 Å². The summed E-state index contributed by atoms with van der Waals surface area (Å²) in [6, 6.07) is 0.121. The Kier molecular flexibility index (Phi) is 4.47. The molecule has 0 bridgehead atoms. The third-order valence-electron chi connectivity index (χ3n) is 5.16. The minimum Gasteiger partial charge on any atom is -0.470 e. The van der Waals surface area contributed by atoms with E-state index < -0.39 is 0 Å². The van der Waals surface area contributed by atoms with E-state index in [4.69, 9.17) is 4.74 Å². The molecule has 1 aliphatic rings. The van der Waals surface area contributed by atoms with E-state index in [0.717, 1.165) is 12.8 Å². The molecule has 0 aromatic carbocycles.